The van der Waals surface area contributed by atoms with E-state index in [-0.39, 0.29) is 12.4 Å². The summed E-state index contributed by atoms with van der Waals surface area (Å²) in [4.78, 5) is 3.64. The van der Waals surface area contributed by atoms with Crippen LogP contribution in [0.1, 0.15) is 18.5 Å². The first kappa shape index (κ1) is 16.5. The predicted molar refractivity (Wildman–Crippen MR) is 89.0 cm³/mol. The van der Waals surface area contributed by atoms with Gasteiger partial charge in [0.05, 0.1) is 10.6 Å². The van der Waals surface area contributed by atoms with Gasteiger partial charge in [-0.3, -0.25) is 4.90 Å². The third-order valence-corrected chi connectivity index (χ3v) is 4.69. The first-order chi connectivity index (χ1) is 9.85. The highest BCUT2D eigenvalue weighted by molar-refractivity contribution is 7.13. The van der Waals surface area contributed by atoms with E-state index < -0.39 is 0 Å². The molecule has 0 saturated carbocycles. The maximum atomic E-state index is 5.45. The van der Waals surface area contributed by atoms with Crippen molar-refractivity contribution in [2.45, 2.75) is 19.4 Å². The Morgan fingerprint density at radius 1 is 1.52 bits per heavy atom. The number of nitrogens with one attached hydrogen (secondary N) is 1. The normalized spacial score (nSPS) is 19.4. The molecular formula is C15H22ClN3OS. The van der Waals surface area contributed by atoms with Crippen LogP contribution in [0.4, 0.5) is 0 Å². The fourth-order valence-electron chi connectivity index (χ4n) is 2.90. The minimum absolute atomic E-state index is 0. The zero-order valence-electron chi connectivity index (χ0n) is 12.2. The lowest BCUT2D eigenvalue weighted by atomic mass is 9.98. The molecule has 116 valence electrons. The summed E-state index contributed by atoms with van der Waals surface area (Å²) in [5.41, 5.74) is 1.04. The molecule has 1 unspecified atom stereocenters. The van der Waals surface area contributed by atoms with Gasteiger partial charge in [0.1, 0.15) is 0 Å². The second-order valence-electron chi connectivity index (χ2n) is 5.46. The van der Waals surface area contributed by atoms with Crippen LogP contribution < -0.4 is 5.32 Å². The van der Waals surface area contributed by atoms with Crippen LogP contribution >= 0.6 is 23.7 Å². The Hall–Kier alpha value is -0.880. The maximum Gasteiger partial charge on any atom is 0.177 e. The van der Waals surface area contributed by atoms with Gasteiger partial charge >= 0.3 is 0 Å². The van der Waals surface area contributed by atoms with E-state index in [1.807, 2.05) is 13.1 Å². The van der Waals surface area contributed by atoms with E-state index in [0.29, 0.717) is 0 Å². The van der Waals surface area contributed by atoms with Crippen LogP contribution in [0.25, 0.3) is 10.6 Å². The third kappa shape index (κ3) is 4.30. The van der Waals surface area contributed by atoms with Gasteiger partial charge < -0.3 is 9.84 Å². The van der Waals surface area contributed by atoms with Gasteiger partial charge in [-0.25, -0.2) is 0 Å². The molecule has 0 bridgehead atoms. The van der Waals surface area contributed by atoms with Gasteiger partial charge in [0, 0.05) is 19.2 Å². The fourth-order valence-corrected chi connectivity index (χ4v) is 3.57. The van der Waals surface area contributed by atoms with Crippen LogP contribution in [0.15, 0.2) is 28.1 Å². The number of rotatable bonds is 5. The molecule has 1 saturated heterocycles. The molecule has 0 radical (unpaired) electrons. The Morgan fingerprint density at radius 2 is 2.43 bits per heavy atom. The van der Waals surface area contributed by atoms with Crippen molar-refractivity contribution in [1.82, 2.24) is 15.4 Å². The molecule has 0 spiro atoms. The minimum atomic E-state index is 0. The Kier molecular flexibility index (Phi) is 6.23. The minimum Gasteiger partial charge on any atom is -0.355 e. The molecule has 1 N–H and O–H groups in total. The zero-order chi connectivity index (χ0) is 13.8. The summed E-state index contributed by atoms with van der Waals surface area (Å²) in [5.74, 6) is 1.65. The highest BCUT2D eigenvalue weighted by atomic mass is 35.5. The summed E-state index contributed by atoms with van der Waals surface area (Å²) in [6.07, 6.45) is 2.61. The maximum absolute atomic E-state index is 5.45. The smallest absolute Gasteiger partial charge is 0.177 e. The second kappa shape index (κ2) is 7.94. The average molecular weight is 328 g/mol. The molecule has 4 nitrogen and oxygen atoms in total. The van der Waals surface area contributed by atoms with E-state index in [1.54, 1.807) is 11.3 Å². The second-order valence-corrected chi connectivity index (χ2v) is 6.41. The molecule has 0 aliphatic carbocycles. The highest BCUT2D eigenvalue weighted by Crippen LogP contribution is 2.26. The first-order valence-electron chi connectivity index (χ1n) is 7.21. The van der Waals surface area contributed by atoms with Crippen molar-refractivity contribution >= 4 is 23.7 Å². The molecule has 2 aromatic rings. The SMILES string of the molecule is CNCC1CCCN(Cc2cc(-c3cccs3)on2)C1.Cl. The van der Waals surface area contributed by atoms with Gasteiger partial charge in [-0.05, 0) is 50.3 Å². The fraction of sp³-hybridized carbons (Fsp3) is 0.533. The third-order valence-electron chi connectivity index (χ3n) is 3.80. The lowest BCUT2D eigenvalue weighted by Gasteiger charge is -2.31. The zero-order valence-corrected chi connectivity index (χ0v) is 13.9. The van der Waals surface area contributed by atoms with Gasteiger partial charge in [0.15, 0.2) is 5.76 Å². The molecule has 2 aromatic heterocycles. The molecule has 3 heterocycles. The van der Waals surface area contributed by atoms with E-state index in [0.717, 1.165) is 41.9 Å². The van der Waals surface area contributed by atoms with Crippen molar-refractivity contribution in [3.05, 3.63) is 29.3 Å². The molecule has 0 amide bonds. The molecule has 3 rings (SSSR count). The van der Waals surface area contributed by atoms with Crippen LogP contribution in [0.2, 0.25) is 0 Å². The summed E-state index contributed by atoms with van der Waals surface area (Å²) >= 11 is 1.69. The van der Waals surface area contributed by atoms with E-state index >= 15 is 0 Å². The summed E-state index contributed by atoms with van der Waals surface area (Å²) in [7, 11) is 2.03. The van der Waals surface area contributed by atoms with Crippen molar-refractivity contribution in [2.24, 2.45) is 5.92 Å². The number of halogens is 1. The summed E-state index contributed by atoms with van der Waals surface area (Å²) in [5, 5.41) is 9.56. The molecule has 6 heteroatoms. The van der Waals surface area contributed by atoms with Crippen LogP contribution in [0, 0.1) is 5.92 Å². The van der Waals surface area contributed by atoms with Gasteiger partial charge in [-0.2, -0.15) is 0 Å². The number of piperidine rings is 1. The van der Waals surface area contributed by atoms with E-state index in [2.05, 4.69) is 32.9 Å². The van der Waals surface area contributed by atoms with Crippen LogP contribution in [-0.4, -0.2) is 36.7 Å². The van der Waals surface area contributed by atoms with Gasteiger partial charge in [0.2, 0.25) is 0 Å². The molecule has 1 aliphatic heterocycles. The predicted octanol–water partition coefficient (Wildman–Crippen LogP) is 3.26. The topological polar surface area (TPSA) is 41.3 Å². The van der Waals surface area contributed by atoms with E-state index in [9.17, 15) is 0 Å². The van der Waals surface area contributed by atoms with Crippen molar-refractivity contribution < 1.29 is 4.52 Å². The van der Waals surface area contributed by atoms with Crippen molar-refractivity contribution in [3.63, 3.8) is 0 Å². The van der Waals surface area contributed by atoms with Gasteiger partial charge in [-0.1, -0.05) is 11.2 Å². The first-order valence-corrected chi connectivity index (χ1v) is 8.09. The van der Waals surface area contributed by atoms with Gasteiger partial charge in [0.25, 0.3) is 0 Å². The molecular weight excluding hydrogens is 306 g/mol. The number of aromatic nitrogens is 1. The number of hydrogen-bond acceptors (Lipinski definition) is 5. The van der Waals surface area contributed by atoms with Crippen molar-refractivity contribution in [3.8, 4) is 10.6 Å². The van der Waals surface area contributed by atoms with E-state index in [4.69, 9.17) is 4.52 Å². The Labute approximate surface area is 135 Å². The van der Waals surface area contributed by atoms with Crippen LogP contribution in [0.3, 0.4) is 0 Å². The standard InChI is InChI=1S/C15H21N3OS.ClH/c1-16-9-12-4-2-6-18(10-12)11-13-8-14(19-17-13)15-5-3-7-20-15;/h3,5,7-8,12,16H,2,4,6,9-11H2,1H3;1H. The van der Waals surface area contributed by atoms with Crippen LogP contribution in [-0.2, 0) is 6.54 Å². The van der Waals surface area contributed by atoms with Gasteiger partial charge in [-0.15, -0.1) is 23.7 Å². The summed E-state index contributed by atoms with van der Waals surface area (Å²) in [6, 6.07) is 6.18. The summed E-state index contributed by atoms with van der Waals surface area (Å²) in [6.45, 7) is 4.33. The number of likely N-dealkylation sites (tertiary alicyclic amines) is 1. The highest BCUT2D eigenvalue weighted by Gasteiger charge is 2.20. The molecule has 1 fully saturated rings. The molecule has 0 aromatic carbocycles. The Balaban J connectivity index is 0.00000161. The lowest BCUT2D eigenvalue weighted by Crippen LogP contribution is -2.38. The Morgan fingerprint density at radius 3 is 3.19 bits per heavy atom. The van der Waals surface area contributed by atoms with E-state index in [1.165, 1.54) is 19.4 Å². The average Bonchev–Trinajstić information content (AvgIpc) is 3.10. The molecule has 1 aliphatic rings. The number of thiophene rings is 1. The number of hydrogen-bond donors (Lipinski definition) is 1. The van der Waals surface area contributed by atoms with Crippen molar-refractivity contribution in [2.75, 3.05) is 26.7 Å². The Bertz CT molecular complexity index is 527. The monoisotopic (exact) mass is 327 g/mol. The summed E-state index contributed by atoms with van der Waals surface area (Å²) < 4.78 is 5.45. The quantitative estimate of drug-likeness (QED) is 0.915. The number of nitrogens with zero attached hydrogens (tertiary/aromatic N) is 2. The van der Waals surface area contributed by atoms with Crippen LogP contribution in [0.5, 0.6) is 0 Å². The molecule has 1 atom stereocenters. The lowest BCUT2D eigenvalue weighted by molar-refractivity contribution is 0.163. The van der Waals surface area contributed by atoms with Crippen molar-refractivity contribution in [1.29, 1.82) is 0 Å². The molecule has 21 heavy (non-hydrogen) atoms. The largest absolute Gasteiger partial charge is 0.355 e.